The molecule has 0 bridgehead atoms. The second-order valence-electron chi connectivity index (χ2n) is 4.71. The first-order chi connectivity index (χ1) is 8.49. The van der Waals surface area contributed by atoms with Crippen LogP contribution in [-0.2, 0) is 20.2 Å². The molecule has 1 aromatic rings. The molecule has 0 spiro atoms. The van der Waals surface area contributed by atoms with Crippen molar-refractivity contribution in [3.63, 3.8) is 0 Å². The van der Waals surface area contributed by atoms with Crippen LogP contribution in [0.15, 0.2) is 34.2 Å². The van der Waals surface area contributed by atoms with Gasteiger partial charge in [-0.2, -0.15) is 4.99 Å². The van der Waals surface area contributed by atoms with Crippen LogP contribution in [0, 0.1) is 0 Å². The normalized spacial score (nSPS) is 18.3. The van der Waals surface area contributed by atoms with Crippen molar-refractivity contribution < 1.29 is 13.2 Å². The predicted molar refractivity (Wildman–Crippen MR) is 67.8 cm³/mol. The van der Waals surface area contributed by atoms with Crippen LogP contribution in [0.5, 0.6) is 0 Å². The van der Waals surface area contributed by atoms with Crippen molar-refractivity contribution in [1.29, 1.82) is 0 Å². The van der Waals surface area contributed by atoms with E-state index in [-0.39, 0.29) is 4.90 Å². The summed E-state index contributed by atoms with van der Waals surface area (Å²) in [6.07, 6.45) is 6.09. The molecule has 96 valence electrons. The molecular weight excluding hydrogens is 250 g/mol. The number of carbonyl (C=O) groups excluding carboxylic acids is 1. The molecule has 0 aromatic heterocycles. The Morgan fingerprint density at radius 3 is 2.39 bits per heavy atom. The zero-order chi connectivity index (χ0) is 13.2. The largest absolute Gasteiger partial charge is 0.235 e. The molecule has 0 unspecified atom stereocenters. The molecular formula is C13H15NO3S. The Hall–Kier alpha value is -1.45. The summed E-state index contributed by atoms with van der Waals surface area (Å²) in [7, 11) is -3.32. The van der Waals surface area contributed by atoms with E-state index in [0.29, 0.717) is 18.4 Å². The first-order valence-corrected chi connectivity index (χ1v) is 7.77. The van der Waals surface area contributed by atoms with E-state index in [4.69, 9.17) is 0 Å². The highest BCUT2D eigenvalue weighted by Crippen LogP contribution is 2.44. The van der Waals surface area contributed by atoms with Gasteiger partial charge in [0.25, 0.3) is 0 Å². The number of hydrogen-bond acceptors (Lipinski definition) is 4. The van der Waals surface area contributed by atoms with Crippen molar-refractivity contribution in [2.24, 2.45) is 4.99 Å². The number of hydrogen-bond donors (Lipinski definition) is 0. The second-order valence-corrected chi connectivity index (χ2v) is 6.69. The second kappa shape index (κ2) is 4.67. The van der Waals surface area contributed by atoms with E-state index in [0.717, 1.165) is 12.8 Å². The van der Waals surface area contributed by atoms with Crippen molar-refractivity contribution in [3.8, 4) is 0 Å². The smallest absolute Gasteiger partial charge is 0.224 e. The van der Waals surface area contributed by atoms with E-state index in [1.54, 1.807) is 30.3 Å². The minimum absolute atomic E-state index is 0.269. The minimum atomic E-state index is -3.32. The molecule has 0 heterocycles. The third-order valence-corrected chi connectivity index (χ3v) is 4.63. The Morgan fingerprint density at radius 2 is 1.83 bits per heavy atom. The van der Waals surface area contributed by atoms with Crippen LogP contribution >= 0.6 is 0 Å². The number of rotatable bonds is 3. The van der Waals surface area contributed by atoms with E-state index in [1.165, 1.54) is 6.26 Å². The Kier molecular flexibility index (Phi) is 3.37. The number of nitrogens with zero attached hydrogens (tertiary/aromatic N) is 1. The number of isocyanates is 1. The summed E-state index contributed by atoms with van der Waals surface area (Å²) < 4.78 is 23.6. The topological polar surface area (TPSA) is 63.6 Å². The fraction of sp³-hybridized carbons (Fsp3) is 0.462. The molecule has 0 N–H and O–H groups in total. The number of benzene rings is 1. The van der Waals surface area contributed by atoms with Gasteiger partial charge >= 0.3 is 0 Å². The van der Waals surface area contributed by atoms with Crippen molar-refractivity contribution in [2.45, 2.75) is 36.1 Å². The third kappa shape index (κ3) is 2.24. The Morgan fingerprint density at radius 1 is 1.22 bits per heavy atom. The Bertz CT molecular complexity index is 594. The average molecular weight is 265 g/mol. The van der Waals surface area contributed by atoms with Crippen LogP contribution in [0.2, 0.25) is 0 Å². The molecule has 1 aromatic carbocycles. The van der Waals surface area contributed by atoms with Crippen LogP contribution < -0.4 is 0 Å². The van der Waals surface area contributed by atoms with Gasteiger partial charge in [-0.15, -0.1) is 0 Å². The molecule has 0 saturated heterocycles. The zero-order valence-electron chi connectivity index (χ0n) is 10.2. The molecule has 5 heteroatoms. The zero-order valence-corrected chi connectivity index (χ0v) is 11.0. The molecule has 1 aliphatic rings. The minimum Gasteiger partial charge on any atom is -0.224 e. The quantitative estimate of drug-likeness (QED) is 0.621. The van der Waals surface area contributed by atoms with Crippen LogP contribution in [0.3, 0.4) is 0 Å². The summed E-state index contributed by atoms with van der Waals surface area (Å²) in [5.74, 6) is 0. The molecule has 4 nitrogen and oxygen atoms in total. The number of sulfone groups is 1. The monoisotopic (exact) mass is 265 g/mol. The molecule has 1 fully saturated rings. The van der Waals surface area contributed by atoms with Crippen molar-refractivity contribution in [2.75, 3.05) is 6.26 Å². The fourth-order valence-electron chi connectivity index (χ4n) is 2.66. The van der Waals surface area contributed by atoms with Gasteiger partial charge in [0, 0.05) is 6.26 Å². The van der Waals surface area contributed by atoms with Gasteiger partial charge < -0.3 is 0 Å². The SMILES string of the molecule is CS(=O)(=O)c1ccccc1C1(N=C=O)CCCC1. The molecule has 0 amide bonds. The highest BCUT2D eigenvalue weighted by Gasteiger charge is 2.38. The lowest BCUT2D eigenvalue weighted by atomic mass is 9.89. The molecule has 0 radical (unpaired) electrons. The van der Waals surface area contributed by atoms with Gasteiger partial charge in [0.2, 0.25) is 6.08 Å². The van der Waals surface area contributed by atoms with Gasteiger partial charge in [0.1, 0.15) is 0 Å². The summed E-state index contributed by atoms with van der Waals surface area (Å²) in [5.41, 5.74) is -0.0603. The summed E-state index contributed by atoms with van der Waals surface area (Å²) in [4.78, 5) is 14.9. The maximum absolute atomic E-state index is 11.8. The lowest BCUT2D eigenvalue weighted by Gasteiger charge is -2.25. The Balaban J connectivity index is 2.66. The summed E-state index contributed by atoms with van der Waals surface area (Å²) in [5, 5.41) is 0. The molecule has 1 saturated carbocycles. The summed E-state index contributed by atoms with van der Waals surface area (Å²) in [6, 6.07) is 6.80. The Labute approximate surface area is 107 Å². The van der Waals surface area contributed by atoms with Gasteiger partial charge in [0.15, 0.2) is 9.84 Å². The predicted octanol–water partition coefficient (Wildman–Crippen LogP) is 2.20. The highest BCUT2D eigenvalue weighted by atomic mass is 32.2. The van der Waals surface area contributed by atoms with Crippen LogP contribution in [0.1, 0.15) is 31.2 Å². The summed E-state index contributed by atoms with van der Waals surface area (Å²) >= 11 is 0. The van der Waals surface area contributed by atoms with Gasteiger partial charge in [0.05, 0.1) is 10.4 Å². The van der Waals surface area contributed by atoms with Crippen LogP contribution in [0.4, 0.5) is 0 Å². The summed E-state index contributed by atoms with van der Waals surface area (Å²) in [6.45, 7) is 0. The van der Waals surface area contributed by atoms with E-state index >= 15 is 0 Å². The molecule has 0 atom stereocenters. The highest BCUT2D eigenvalue weighted by molar-refractivity contribution is 7.90. The fourth-order valence-corrected chi connectivity index (χ4v) is 3.65. The van der Waals surface area contributed by atoms with Gasteiger partial charge in [-0.1, -0.05) is 31.0 Å². The van der Waals surface area contributed by atoms with E-state index in [1.807, 2.05) is 0 Å². The molecule has 2 rings (SSSR count). The lowest BCUT2D eigenvalue weighted by Crippen LogP contribution is -2.22. The lowest BCUT2D eigenvalue weighted by molar-refractivity contribution is 0.446. The van der Waals surface area contributed by atoms with Crippen molar-refractivity contribution in [3.05, 3.63) is 29.8 Å². The van der Waals surface area contributed by atoms with Crippen molar-refractivity contribution >= 4 is 15.9 Å². The standard InChI is InChI=1S/C13H15NO3S/c1-18(16,17)12-7-3-2-6-11(12)13(14-10-15)8-4-5-9-13/h2-3,6-7H,4-5,8-9H2,1H3. The maximum atomic E-state index is 11.8. The van der Waals surface area contributed by atoms with Gasteiger partial charge in [-0.05, 0) is 24.5 Å². The number of aliphatic imine (C=N–C) groups is 1. The third-order valence-electron chi connectivity index (χ3n) is 3.48. The molecule has 18 heavy (non-hydrogen) atoms. The van der Waals surface area contributed by atoms with Gasteiger partial charge in [-0.25, -0.2) is 13.2 Å². The van der Waals surface area contributed by atoms with Crippen molar-refractivity contribution in [1.82, 2.24) is 0 Å². The van der Waals surface area contributed by atoms with E-state index in [9.17, 15) is 13.2 Å². The first kappa shape index (κ1) is 13.0. The van der Waals surface area contributed by atoms with Crippen LogP contribution in [0.25, 0.3) is 0 Å². The van der Waals surface area contributed by atoms with Gasteiger partial charge in [-0.3, -0.25) is 0 Å². The van der Waals surface area contributed by atoms with Crippen LogP contribution in [-0.4, -0.2) is 20.8 Å². The maximum Gasteiger partial charge on any atom is 0.235 e. The molecule has 0 aliphatic heterocycles. The first-order valence-electron chi connectivity index (χ1n) is 5.88. The average Bonchev–Trinajstić information content (AvgIpc) is 2.78. The van der Waals surface area contributed by atoms with E-state index < -0.39 is 15.4 Å². The molecule has 1 aliphatic carbocycles. The van der Waals surface area contributed by atoms with E-state index in [2.05, 4.69) is 4.99 Å².